The van der Waals surface area contributed by atoms with Crippen molar-refractivity contribution in [1.82, 2.24) is 9.47 Å². The summed E-state index contributed by atoms with van der Waals surface area (Å²) in [5, 5.41) is 10.0. The Labute approximate surface area is 184 Å². The van der Waals surface area contributed by atoms with Crippen LogP contribution in [0.1, 0.15) is 60.1 Å². The molecule has 0 bridgehead atoms. The highest BCUT2D eigenvalue weighted by Gasteiger charge is 2.30. The zero-order valence-electron chi connectivity index (χ0n) is 18.7. The van der Waals surface area contributed by atoms with Crippen molar-refractivity contribution in [2.75, 3.05) is 26.8 Å². The smallest absolute Gasteiger partial charge is 0.303 e. The summed E-state index contributed by atoms with van der Waals surface area (Å²) in [4.78, 5) is 25.3. The van der Waals surface area contributed by atoms with Crippen molar-refractivity contribution in [3.63, 3.8) is 0 Å². The zero-order chi connectivity index (χ0) is 22.0. The predicted octanol–water partition coefficient (Wildman–Crippen LogP) is 4.04. The van der Waals surface area contributed by atoms with E-state index in [1.54, 1.807) is 11.9 Å². The molecule has 1 amide bonds. The number of carbonyl (C=O) groups excluding carboxylic acids is 1. The number of aliphatic carboxylic acids is 1. The summed E-state index contributed by atoms with van der Waals surface area (Å²) in [5.41, 5.74) is 4.71. The summed E-state index contributed by atoms with van der Waals surface area (Å²) in [6.07, 6.45) is 7.55. The van der Waals surface area contributed by atoms with E-state index in [4.69, 9.17) is 9.84 Å². The van der Waals surface area contributed by atoms with Gasteiger partial charge in [0.2, 0.25) is 0 Å². The Morgan fingerprint density at radius 2 is 2.03 bits per heavy atom. The number of carbonyl (C=O) groups is 2. The van der Waals surface area contributed by atoms with Crippen LogP contribution in [0.25, 0.3) is 10.9 Å². The Morgan fingerprint density at radius 1 is 1.19 bits per heavy atom. The molecule has 1 fully saturated rings. The second-order valence-corrected chi connectivity index (χ2v) is 9.25. The summed E-state index contributed by atoms with van der Waals surface area (Å²) in [6.45, 7) is 2.23. The zero-order valence-corrected chi connectivity index (χ0v) is 18.7. The van der Waals surface area contributed by atoms with Gasteiger partial charge in [-0.25, -0.2) is 0 Å². The Balaban J connectivity index is 1.56. The standard InChI is InChI=1S/C25H34N2O4/c1-26(12-3-6-24(28)29)25(30)19-8-10-23-21(16-19)20-15-18(7-9-22(20)27(23)2)17-5-4-13-31-14-11-17/h8,10,16-18H,3-7,9,11-15H2,1-2H3,(H,28,29)/t17?,18-/m1/s1. The molecule has 0 radical (unpaired) electrons. The fourth-order valence-corrected chi connectivity index (χ4v) is 5.53. The topological polar surface area (TPSA) is 71.8 Å². The van der Waals surface area contributed by atoms with Gasteiger partial charge in [0.15, 0.2) is 0 Å². The Hall–Kier alpha value is -2.34. The number of nitrogens with zero attached hydrogens (tertiary/aromatic N) is 2. The lowest BCUT2D eigenvalue weighted by Crippen LogP contribution is -2.28. The van der Waals surface area contributed by atoms with Gasteiger partial charge in [0.25, 0.3) is 5.91 Å². The molecular weight excluding hydrogens is 392 g/mol. The quantitative estimate of drug-likeness (QED) is 0.757. The van der Waals surface area contributed by atoms with Crippen molar-refractivity contribution in [3.05, 3.63) is 35.0 Å². The van der Waals surface area contributed by atoms with Gasteiger partial charge >= 0.3 is 5.97 Å². The van der Waals surface area contributed by atoms with E-state index in [0.29, 0.717) is 24.4 Å². The van der Waals surface area contributed by atoms with Crippen molar-refractivity contribution < 1.29 is 19.4 Å². The lowest BCUT2D eigenvalue weighted by molar-refractivity contribution is -0.137. The third-order valence-corrected chi connectivity index (χ3v) is 7.30. The van der Waals surface area contributed by atoms with Crippen LogP contribution in [-0.4, -0.2) is 53.3 Å². The first-order valence-corrected chi connectivity index (χ1v) is 11.6. The lowest BCUT2D eigenvalue weighted by Gasteiger charge is -2.30. The molecule has 168 valence electrons. The molecular formula is C25H34N2O4. The van der Waals surface area contributed by atoms with Crippen LogP contribution in [0.2, 0.25) is 0 Å². The van der Waals surface area contributed by atoms with Gasteiger partial charge in [-0.05, 0) is 80.5 Å². The Bertz CT molecular complexity index is 956. The minimum atomic E-state index is -0.826. The SMILES string of the molecule is CN(CCCC(=O)O)C(=O)c1ccc2c(c1)c1c(n2C)CC[C@@H](C2CCCOCC2)C1. The summed E-state index contributed by atoms with van der Waals surface area (Å²) in [5.74, 6) is 0.556. The van der Waals surface area contributed by atoms with Crippen molar-refractivity contribution in [1.29, 1.82) is 0 Å². The second-order valence-electron chi connectivity index (χ2n) is 9.25. The summed E-state index contributed by atoms with van der Waals surface area (Å²) >= 11 is 0. The van der Waals surface area contributed by atoms with Crippen LogP contribution in [0.5, 0.6) is 0 Å². The van der Waals surface area contributed by atoms with Crippen molar-refractivity contribution in [2.24, 2.45) is 18.9 Å². The largest absolute Gasteiger partial charge is 0.481 e. The molecule has 2 aliphatic rings. The van der Waals surface area contributed by atoms with E-state index in [1.165, 1.54) is 35.0 Å². The first-order chi connectivity index (χ1) is 15.0. The van der Waals surface area contributed by atoms with Gasteiger partial charge in [-0.3, -0.25) is 9.59 Å². The average Bonchev–Trinajstić information content (AvgIpc) is 2.93. The lowest BCUT2D eigenvalue weighted by atomic mass is 9.75. The number of aryl methyl sites for hydroxylation is 1. The van der Waals surface area contributed by atoms with Gasteiger partial charge in [-0.2, -0.15) is 0 Å². The number of carboxylic acids is 1. The maximum Gasteiger partial charge on any atom is 0.303 e. The Morgan fingerprint density at radius 3 is 2.84 bits per heavy atom. The molecule has 1 aromatic heterocycles. The van der Waals surface area contributed by atoms with Crippen LogP contribution in [0.4, 0.5) is 0 Å². The van der Waals surface area contributed by atoms with E-state index in [-0.39, 0.29) is 12.3 Å². The first kappa shape index (κ1) is 21.9. The van der Waals surface area contributed by atoms with Crippen LogP contribution in [0, 0.1) is 11.8 Å². The van der Waals surface area contributed by atoms with Gasteiger partial charge in [-0.15, -0.1) is 0 Å². The van der Waals surface area contributed by atoms with Crippen LogP contribution in [0.15, 0.2) is 18.2 Å². The summed E-state index contributed by atoms with van der Waals surface area (Å²) in [7, 11) is 3.89. The van der Waals surface area contributed by atoms with Crippen molar-refractivity contribution in [2.45, 2.75) is 51.4 Å². The van der Waals surface area contributed by atoms with Crippen LogP contribution in [0.3, 0.4) is 0 Å². The molecule has 6 nitrogen and oxygen atoms in total. The molecule has 1 unspecified atom stereocenters. The number of carboxylic acid groups (broad SMARTS) is 1. The molecule has 4 rings (SSSR count). The molecule has 31 heavy (non-hydrogen) atoms. The van der Waals surface area contributed by atoms with Gasteiger partial charge in [0.1, 0.15) is 0 Å². The number of hydrogen-bond acceptors (Lipinski definition) is 3. The Kier molecular flexibility index (Phi) is 6.65. The molecule has 2 heterocycles. The summed E-state index contributed by atoms with van der Waals surface area (Å²) in [6, 6.07) is 6.03. The van der Waals surface area contributed by atoms with E-state index >= 15 is 0 Å². The average molecular weight is 427 g/mol. The number of ether oxygens (including phenoxy) is 1. The molecule has 2 aromatic rings. The highest BCUT2D eigenvalue weighted by atomic mass is 16.5. The minimum Gasteiger partial charge on any atom is -0.481 e. The van der Waals surface area contributed by atoms with Gasteiger partial charge in [0.05, 0.1) is 0 Å². The van der Waals surface area contributed by atoms with Crippen LogP contribution < -0.4 is 0 Å². The normalized spacial score (nSPS) is 21.5. The monoisotopic (exact) mass is 426 g/mol. The number of fused-ring (bicyclic) bond motifs is 3. The van der Waals surface area contributed by atoms with E-state index < -0.39 is 5.97 Å². The molecule has 2 atom stereocenters. The van der Waals surface area contributed by atoms with Gasteiger partial charge < -0.3 is 19.3 Å². The molecule has 1 aromatic carbocycles. The minimum absolute atomic E-state index is 0.0434. The highest BCUT2D eigenvalue weighted by molar-refractivity contribution is 5.99. The predicted molar refractivity (Wildman–Crippen MR) is 120 cm³/mol. The number of aromatic nitrogens is 1. The van der Waals surface area contributed by atoms with Gasteiger partial charge in [0, 0.05) is 62.4 Å². The maximum absolute atomic E-state index is 12.9. The second kappa shape index (κ2) is 9.43. The van der Waals surface area contributed by atoms with Crippen LogP contribution in [-0.2, 0) is 29.4 Å². The third kappa shape index (κ3) is 4.64. The van der Waals surface area contributed by atoms with E-state index in [9.17, 15) is 9.59 Å². The molecule has 1 N–H and O–H groups in total. The molecule has 0 saturated carbocycles. The highest BCUT2D eigenvalue weighted by Crippen LogP contribution is 2.39. The first-order valence-electron chi connectivity index (χ1n) is 11.6. The summed E-state index contributed by atoms with van der Waals surface area (Å²) < 4.78 is 7.99. The molecule has 6 heteroatoms. The molecule has 1 aliphatic carbocycles. The third-order valence-electron chi connectivity index (χ3n) is 7.30. The molecule has 0 spiro atoms. The number of rotatable bonds is 6. The fraction of sp³-hybridized carbons (Fsp3) is 0.600. The maximum atomic E-state index is 12.9. The van der Waals surface area contributed by atoms with Crippen molar-refractivity contribution >= 4 is 22.8 Å². The number of amides is 1. The van der Waals surface area contributed by atoms with Gasteiger partial charge in [-0.1, -0.05) is 0 Å². The number of benzene rings is 1. The molecule has 1 aliphatic heterocycles. The molecule has 1 saturated heterocycles. The number of hydrogen-bond donors (Lipinski definition) is 1. The van der Waals surface area contributed by atoms with E-state index in [1.807, 2.05) is 6.07 Å². The van der Waals surface area contributed by atoms with Crippen LogP contribution >= 0.6 is 0 Å². The van der Waals surface area contributed by atoms with Crippen molar-refractivity contribution in [3.8, 4) is 0 Å². The van der Waals surface area contributed by atoms with E-state index in [0.717, 1.165) is 44.8 Å². The fourth-order valence-electron chi connectivity index (χ4n) is 5.53. The van der Waals surface area contributed by atoms with E-state index in [2.05, 4.69) is 23.7 Å².